The number of para-hydroxylation sites is 1. The fraction of sp³-hybridized carbons (Fsp3) is 0.158. The molecule has 2 amide bonds. The number of rotatable bonds is 5. The number of hydrogen-bond acceptors (Lipinski definition) is 4. The number of nitrogens with zero attached hydrogens (tertiary/aromatic N) is 1. The Morgan fingerprint density at radius 1 is 1.12 bits per heavy atom. The molecular formula is C19H16FNO3S. The van der Waals surface area contributed by atoms with Crippen LogP contribution in [0.25, 0.3) is 6.08 Å². The van der Waals surface area contributed by atoms with Crippen LogP contribution in [0.5, 0.6) is 5.75 Å². The van der Waals surface area contributed by atoms with Gasteiger partial charge in [-0.2, -0.15) is 0 Å². The van der Waals surface area contributed by atoms with Gasteiger partial charge >= 0.3 is 0 Å². The Kier molecular flexibility index (Phi) is 5.19. The number of benzene rings is 2. The van der Waals surface area contributed by atoms with Crippen molar-refractivity contribution in [3.63, 3.8) is 0 Å². The molecule has 25 heavy (non-hydrogen) atoms. The third-order valence-electron chi connectivity index (χ3n) is 3.70. The van der Waals surface area contributed by atoms with E-state index in [0.717, 1.165) is 17.3 Å². The van der Waals surface area contributed by atoms with Crippen molar-refractivity contribution in [1.29, 1.82) is 0 Å². The number of amides is 2. The second-order valence-electron chi connectivity index (χ2n) is 5.38. The summed E-state index contributed by atoms with van der Waals surface area (Å²) >= 11 is 0.927. The van der Waals surface area contributed by atoms with Crippen LogP contribution in [0.4, 0.5) is 9.18 Å². The standard InChI is InChI=1S/C19H16FNO3S/c1-2-21-18(22)17(25-19(21)23)11-14-5-3-4-6-16(14)24-12-13-7-9-15(20)10-8-13/h3-11H,2,12H2,1H3/b17-11+. The minimum Gasteiger partial charge on any atom is -0.488 e. The van der Waals surface area contributed by atoms with Crippen LogP contribution in [0.1, 0.15) is 18.1 Å². The van der Waals surface area contributed by atoms with Crippen molar-refractivity contribution in [3.05, 3.63) is 70.4 Å². The SMILES string of the molecule is CCN1C(=O)S/C(=C/c2ccccc2OCc2ccc(F)cc2)C1=O. The topological polar surface area (TPSA) is 46.6 Å². The van der Waals surface area contributed by atoms with E-state index in [0.29, 0.717) is 22.8 Å². The number of imide groups is 1. The molecule has 1 fully saturated rings. The predicted octanol–water partition coefficient (Wildman–Crippen LogP) is 4.46. The maximum Gasteiger partial charge on any atom is 0.293 e. The molecule has 0 atom stereocenters. The van der Waals surface area contributed by atoms with E-state index in [-0.39, 0.29) is 23.6 Å². The van der Waals surface area contributed by atoms with Gasteiger partial charge in [0, 0.05) is 12.1 Å². The van der Waals surface area contributed by atoms with Gasteiger partial charge in [-0.15, -0.1) is 0 Å². The van der Waals surface area contributed by atoms with E-state index in [1.54, 1.807) is 31.2 Å². The van der Waals surface area contributed by atoms with Crippen LogP contribution in [0.15, 0.2) is 53.4 Å². The largest absolute Gasteiger partial charge is 0.488 e. The summed E-state index contributed by atoms with van der Waals surface area (Å²) in [4.78, 5) is 25.6. The molecule has 0 saturated carbocycles. The van der Waals surface area contributed by atoms with Crippen LogP contribution in [0.2, 0.25) is 0 Å². The maximum atomic E-state index is 13.0. The van der Waals surface area contributed by atoms with Gasteiger partial charge in [-0.3, -0.25) is 14.5 Å². The lowest BCUT2D eigenvalue weighted by molar-refractivity contribution is -0.122. The molecule has 1 heterocycles. The van der Waals surface area contributed by atoms with Crippen LogP contribution in [-0.4, -0.2) is 22.6 Å². The minimum atomic E-state index is -0.296. The van der Waals surface area contributed by atoms with Crippen molar-refractivity contribution in [1.82, 2.24) is 4.90 Å². The summed E-state index contributed by atoms with van der Waals surface area (Å²) in [5, 5.41) is -0.261. The van der Waals surface area contributed by atoms with Gasteiger partial charge in [0.1, 0.15) is 18.2 Å². The summed E-state index contributed by atoms with van der Waals surface area (Å²) in [7, 11) is 0. The molecule has 2 aromatic rings. The summed E-state index contributed by atoms with van der Waals surface area (Å²) in [6, 6.07) is 13.3. The van der Waals surface area contributed by atoms with E-state index >= 15 is 0 Å². The van der Waals surface area contributed by atoms with Gasteiger partial charge in [-0.25, -0.2) is 4.39 Å². The number of halogens is 1. The molecule has 0 spiro atoms. The first kappa shape index (κ1) is 17.2. The molecule has 0 aliphatic carbocycles. The zero-order chi connectivity index (χ0) is 17.8. The molecule has 1 aliphatic heterocycles. The van der Waals surface area contributed by atoms with Gasteiger partial charge in [0.2, 0.25) is 0 Å². The van der Waals surface area contributed by atoms with E-state index in [1.807, 2.05) is 18.2 Å². The normalized spacial score (nSPS) is 15.9. The Morgan fingerprint density at radius 3 is 2.52 bits per heavy atom. The van der Waals surface area contributed by atoms with Crippen LogP contribution in [-0.2, 0) is 11.4 Å². The average molecular weight is 357 g/mol. The molecule has 6 heteroatoms. The number of ether oxygens (including phenoxy) is 1. The lowest BCUT2D eigenvalue weighted by Gasteiger charge is -2.10. The lowest BCUT2D eigenvalue weighted by atomic mass is 10.1. The van der Waals surface area contributed by atoms with Crippen molar-refractivity contribution < 1.29 is 18.7 Å². The maximum absolute atomic E-state index is 13.0. The molecule has 128 valence electrons. The zero-order valence-electron chi connectivity index (χ0n) is 13.6. The fourth-order valence-corrected chi connectivity index (χ4v) is 3.28. The number of thioether (sulfide) groups is 1. The highest BCUT2D eigenvalue weighted by atomic mass is 32.2. The first-order valence-corrected chi connectivity index (χ1v) is 8.61. The first-order valence-electron chi connectivity index (χ1n) is 7.80. The molecule has 3 rings (SSSR count). The zero-order valence-corrected chi connectivity index (χ0v) is 14.4. The molecule has 4 nitrogen and oxygen atoms in total. The van der Waals surface area contributed by atoms with Crippen LogP contribution < -0.4 is 4.74 Å². The summed E-state index contributed by atoms with van der Waals surface area (Å²) in [5.41, 5.74) is 1.55. The Balaban J connectivity index is 1.79. The molecule has 0 radical (unpaired) electrons. The van der Waals surface area contributed by atoms with Crippen molar-refractivity contribution >= 4 is 29.0 Å². The van der Waals surface area contributed by atoms with E-state index in [4.69, 9.17) is 4.74 Å². The predicted molar refractivity (Wildman–Crippen MR) is 95.5 cm³/mol. The summed E-state index contributed by atoms with van der Waals surface area (Å²) in [6.45, 7) is 2.39. The Bertz CT molecular complexity index is 833. The summed E-state index contributed by atoms with van der Waals surface area (Å²) in [6.07, 6.45) is 1.67. The third-order valence-corrected chi connectivity index (χ3v) is 4.61. The smallest absolute Gasteiger partial charge is 0.293 e. The molecule has 1 aliphatic rings. The minimum absolute atomic E-state index is 0.261. The molecule has 0 N–H and O–H groups in total. The fourth-order valence-electron chi connectivity index (χ4n) is 2.39. The molecule has 2 aromatic carbocycles. The molecule has 0 bridgehead atoms. The second-order valence-corrected chi connectivity index (χ2v) is 6.37. The van der Waals surface area contributed by atoms with Gasteiger partial charge in [0.05, 0.1) is 4.91 Å². The number of hydrogen-bond donors (Lipinski definition) is 0. The number of carbonyl (C=O) groups is 2. The van der Waals surface area contributed by atoms with Crippen molar-refractivity contribution in [2.75, 3.05) is 6.54 Å². The molecule has 1 saturated heterocycles. The lowest BCUT2D eigenvalue weighted by Crippen LogP contribution is -2.27. The van der Waals surface area contributed by atoms with Gasteiger partial charge in [-0.1, -0.05) is 30.3 Å². The molecule has 0 aromatic heterocycles. The second kappa shape index (κ2) is 7.53. The highest BCUT2D eigenvalue weighted by Crippen LogP contribution is 2.33. The molecule has 0 unspecified atom stereocenters. The van der Waals surface area contributed by atoms with E-state index < -0.39 is 0 Å². The van der Waals surface area contributed by atoms with E-state index in [2.05, 4.69) is 0 Å². The van der Waals surface area contributed by atoms with Crippen molar-refractivity contribution in [2.45, 2.75) is 13.5 Å². The molecular weight excluding hydrogens is 341 g/mol. The number of carbonyl (C=O) groups excluding carboxylic acids is 2. The third kappa shape index (κ3) is 3.91. The summed E-state index contributed by atoms with van der Waals surface area (Å²) in [5.74, 6) is 0.0109. The highest BCUT2D eigenvalue weighted by Gasteiger charge is 2.33. The van der Waals surface area contributed by atoms with Crippen LogP contribution in [0.3, 0.4) is 0 Å². The van der Waals surface area contributed by atoms with Crippen LogP contribution >= 0.6 is 11.8 Å². The average Bonchev–Trinajstić information content (AvgIpc) is 2.88. The van der Waals surface area contributed by atoms with E-state index in [9.17, 15) is 14.0 Å². The van der Waals surface area contributed by atoms with Gasteiger partial charge in [-0.05, 0) is 48.5 Å². The monoisotopic (exact) mass is 357 g/mol. The van der Waals surface area contributed by atoms with Gasteiger partial charge in [0.25, 0.3) is 11.1 Å². The van der Waals surface area contributed by atoms with Crippen LogP contribution in [0, 0.1) is 5.82 Å². The summed E-state index contributed by atoms with van der Waals surface area (Å²) < 4.78 is 18.8. The highest BCUT2D eigenvalue weighted by molar-refractivity contribution is 8.18. The van der Waals surface area contributed by atoms with Crippen molar-refractivity contribution in [3.8, 4) is 5.75 Å². The Morgan fingerprint density at radius 2 is 1.84 bits per heavy atom. The van der Waals surface area contributed by atoms with E-state index in [1.165, 1.54) is 17.0 Å². The van der Waals surface area contributed by atoms with Crippen molar-refractivity contribution in [2.24, 2.45) is 0 Å². The van der Waals surface area contributed by atoms with Gasteiger partial charge in [0.15, 0.2) is 0 Å². The quantitative estimate of drug-likeness (QED) is 0.741. The first-order chi connectivity index (χ1) is 12.1. The number of likely N-dealkylation sites (N-methyl/N-ethyl adjacent to an activating group) is 1. The van der Waals surface area contributed by atoms with Gasteiger partial charge < -0.3 is 4.74 Å². The Hall–Kier alpha value is -2.60. The Labute approximate surface area is 149 Å².